The number of nitrogens with one attached hydrogen (secondary N) is 3. The Morgan fingerprint density at radius 3 is 2.84 bits per heavy atom. The van der Waals surface area contributed by atoms with Crippen molar-refractivity contribution in [1.29, 1.82) is 0 Å². The number of rotatable bonds is 10. The third-order valence-electron chi connectivity index (χ3n) is 3.70. The standard InChI is InChI=1S/C22H22FN5O3/c1-3-20(29)25-16-5-4-6-17(13-16)26-21-19(23)14-24-22(28-21)27-15-7-9-18(10-8-15)31-12-11-30-2/h3-10,13-14H,1,11-12H2,2H3,(H,25,29)(H2,24,26,27,28)/i2D3,12D2,14D. The number of carbonyl (C=O) groups excluding carboxylic acids is 1. The summed E-state index contributed by atoms with van der Waals surface area (Å²) >= 11 is 0. The summed E-state index contributed by atoms with van der Waals surface area (Å²) in [6.07, 6.45) is 0.441. The number of hydrogen-bond donors (Lipinski definition) is 3. The molecule has 2 aromatic carbocycles. The second kappa shape index (κ2) is 10.7. The SMILES string of the molecule is [2H]c1nc(Nc2ccc(OC([2H])([2H])COC([2H])([2H])[2H])cc2)nc(Nc2cccc(NC(=O)C=C)c2)c1F. The zero-order valence-electron chi connectivity index (χ0n) is 22.1. The van der Waals surface area contributed by atoms with E-state index in [9.17, 15) is 9.18 Å². The van der Waals surface area contributed by atoms with Crippen LogP contribution < -0.4 is 20.7 Å². The van der Waals surface area contributed by atoms with Crippen LogP contribution in [0.1, 0.15) is 8.22 Å². The minimum Gasteiger partial charge on any atom is -0.491 e. The molecule has 8 nitrogen and oxygen atoms in total. The number of benzene rings is 2. The molecule has 0 aliphatic heterocycles. The lowest BCUT2D eigenvalue weighted by molar-refractivity contribution is -0.111. The van der Waals surface area contributed by atoms with Gasteiger partial charge in [-0.2, -0.15) is 4.98 Å². The number of aromatic nitrogens is 2. The zero-order chi connectivity index (χ0) is 27.2. The first-order chi connectivity index (χ1) is 17.3. The molecule has 0 aliphatic carbocycles. The average Bonchev–Trinajstić information content (AvgIpc) is 2.82. The zero-order valence-corrected chi connectivity index (χ0v) is 16.1. The first kappa shape index (κ1) is 14.9. The molecule has 3 aromatic rings. The molecule has 31 heavy (non-hydrogen) atoms. The van der Waals surface area contributed by atoms with Crippen LogP contribution in [0.5, 0.6) is 5.75 Å². The predicted molar refractivity (Wildman–Crippen MR) is 118 cm³/mol. The first-order valence-corrected chi connectivity index (χ1v) is 8.88. The van der Waals surface area contributed by atoms with Gasteiger partial charge in [0.05, 0.1) is 21.0 Å². The number of ether oxygens (including phenoxy) is 2. The minimum atomic E-state index is -2.76. The summed E-state index contributed by atoms with van der Waals surface area (Å²) in [5.74, 6) is -1.69. The second-order valence-corrected chi connectivity index (χ2v) is 5.91. The number of amides is 1. The molecule has 3 N–H and O–H groups in total. The highest BCUT2D eigenvalue weighted by atomic mass is 19.1. The molecule has 0 atom stereocenters. The summed E-state index contributed by atoms with van der Waals surface area (Å²) in [5, 5.41) is 8.15. The summed E-state index contributed by atoms with van der Waals surface area (Å²) in [5.41, 5.74) is 1.24. The highest BCUT2D eigenvalue weighted by Crippen LogP contribution is 2.23. The fraction of sp³-hybridized carbons (Fsp3) is 0.136. The molecule has 1 heterocycles. The molecule has 0 saturated carbocycles. The highest BCUT2D eigenvalue weighted by Gasteiger charge is 2.09. The monoisotopic (exact) mass is 429 g/mol. The van der Waals surface area contributed by atoms with E-state index in [0.29, 0.717) is 17.1 Å². The van der Waals surface area contributed by atoms with E-state index >= 15 is 0 Å². The molecule has 160 valence electrons. The Balaban J connectivity index is 1.71. The van der Waals surface area contributed by atoms with Crippen LogP contribution in [0.3, 0.4) is 0 Å². The van der Waals surface area contributed by atoms with Gasteiger partial charge in [-0.3, -0.25) is 4.79 Å². The normalized spacial score (nSPS) is 14.0. The van der Waals surface area contributed by atoms with Crippen molar-refractivity contribution in [2.45, 2.75) is 0 Å². The summed E-state index contributed by atoms with van der Waals surface area (Å²) in [6.45, 7) is 0.179. The van der Waals surface area contributed by atoms with Crippen molar-refractivity contribution in [3.63, 3.8) is 0 Å². The van der Waals surface area contributed by atoms with Gasteiger partial charge in [-0.05, 0) is 48.5 Å². The number of halogens is 1. The van der Waals surface area contributed by atoms with Crippen LogP contribution in [0.2, 0.25) is 0 Å². The van der Waals surface area contributed by atoms with E-state index in [1.165, 1.54) is 24.3 Å². The molecule has 0 spiro atoms. The van der Waals surface area contributed by atoms with Crippen molar-refractivity contribution < 1.29 is 26.9 Å². The third kappa shape index (κ3) is 6.51. The molecule has 0 aliphatic rings. The lowest BCUT2D eigenvalue weighted by Gasteiger charge is -2.11. The minimum absolute atomic E-state index is 0.0941. The third-order valence-corrected chi connectivity index (χ3v) is 3.70. The van der Waals surface area contributed by atoms with Crippen LogP contribution in [-0.2, 0) is 9.53 Å². The molecule has 0 bridgehead atoms. The van der Waals surface area contributed by atoms with Crippen molar-refractivity contribution in [3.8, 4) is 5.75 Å². The quantitative estimate of drug-likeness (QED) is 0.415. The summed E-state index contributed by atoms with van der Waals surface area (Å²) in [7, 11) is -2.76. The van der Waals surface area contributed by atoms with E-state index in [2.05, 4.69) is 37.2 Å². The van der Waals surface area contributed by atoms with Crippen LogP contribution in [0.25, 0.3) is 0 Å². The summed E-state index contributed by atoms with van der Waals surface area (Å²) < 4.78 is 68.4. The lowest BCUT2D eigenvalue weighted by atomic mass is 10.2. The smallest absolute Gasteiger partial charge is 0.247 e. The fourth-order valence-electron chi connectivity index (χ4n) is 2.36. The van der Waals surface area contributed by atoms with Gasteiger partial charge in [-0.25, -0.2) is 9.37 Å². The number of hydrogen-bond acceptors (Lipinski definition) is 7. The molecule has 0 unspecified atom stereocenters. The van der Waals surface area contributed by atoms with Gasteiger partial charge in [0.1, 0.15) is 12.3 Å². The molecule has 9 heteroatoms. The summed E-state index contributed by atoms with van der Waals surface area (Å²) in [4.78, 5) is 19.3. The highest BCUT2D eigenvalue weighted by molar-refractivity contribution is 5.99. The topological polar surface area (TPSA) is 97.4 Å². The maximum atomic E-state index is 14.5. The van der Waals surface area contributed by atoms with Gasteiger partial charge < -0.3 is 25.4 Å². The van der Waals surface area contributed by atoms with Crippen molar-refractivity contribution in [2.24, 2.45) is 0 Å². The lowest BCUT2D eigenvalue weighted by Crippen LogP contribution is -2.07. The molecule has 3 rings (SSSR count). The molecular formula is C22H22FN5O3. The van der Waals surface area contributed by atoms with E-state index in [-0.39, 0.29) is 17.5 Å². The molecule has 0 saturated heterocycles. The molecule has 1 amide bonds. The van der Waals surface area contributed by atoms with Gasteiger partial charge in [0.25, 0.3) is 0 Å². The van der Waals surface area contributed by atoms with Crippen molar-refractivity contribution in [1.82, 2.24) is 9.97 Å². The van der Waals surface area contributed by atoms with Gasteiger partial charge in [0, 0.05) is 24.1 Å². The average molecular weight is 429 g/mol. The van der Waals surface area contributed by atoms with E-state index in [4.69, 9.17) is 13.0 Å². The van der Waals surface area contributed by atoms with Crippen molar-refractivity contribution >= 4 is 34.7 Å². The Hall–Kier alpha value is -3.98. The Labute approximate surface area is 187 Å². The van der Waals surface area contributed by atoms with Gasteiger partial charge in [0.2, 0.25) is 11.9 Å². The molecular weight excluding hydrogens is 401 g/mol. The van der Waals surface area contributed by atoms with E-state index in [1.54, 1.807) is 24.3 Å². The van der Waals surface area contributed by atoms with Crippen LogP contribution in [0, 0.1) is 5.82 Å². The second-order valence-electron chi connectivity index (χ2n) is 5.91. The van der Waals surface area contributed by atoms with Crippen LogP contribution in [-0.4, -0.2) is 36.1 Å². The van der Waals surface area contributed by atoms with Crippen LogP contribution in [0.15, 0.2) is 67.4 Å². The Kier molecular flexibility index (Phi) is 5.15. The van der Waals surface area contributed by atoms with Crippen LogP contribution >= 0.6 is 0 Å². The van der Waals surface area contributed by atoms with Gasteiger partial charge in [-0.1, -0.05) is 12.6 Å². The van der Waals surface area contributed by atoms with E-state index in [0.717, 1.165) is 6.08 Å². The largest absolute Gasteiger partial charge is 0.491 e. The molecule has 0 radical (unpaired) electrons. The van der Waals surface area contributed by atoms with E-state index < -0.39 is 38.1 Å². The predicted octanol–water partition coefficient (Wildman–Crippen LogP) is 4.25. The number of methoxy groups -OCH3 is 1. The Morgan fingerprint density at radius 2 is 2.06 bits per heavy atom. The van der Waals surface area contributed by atoms with Crippen LogP contribution in [0.4, 0.5) is 33.2 Å². The number of anilines is 5. The fourth-order valence-corrected chi connectivity index (χ4v) is 2.36. The number of carbonyl (C=O) groups is 1. The van der Waals surface area contributed by atoms with E-state index in [1.807, 2.05) is 0 Å². The summed E-state index contributed by atoms with van der Waals surface area (Å²) in [6, 6.07) is 12.2. The van der Waals surface area contributed by atoms with Crippen molar-refractivity contribution in [3.05, 3.63) is 73.2 Å². The number of nitrogens with zero attached hydrogens (tertiary/aromatic N) is 2. The first-order valence-electron chi connectivity index (χ1n) is 11.9. The van der Waals surface area contributed by atoms with Gasteiger partial charge in [0.15, 0.2) is 11.6 Å². The van der Waals surface area contributed by atoms with Crippen molar-refractivity contribution in [2.75, 3.05) is 36.2 Å². The van der Waals surface area contributed by atoms with Gasteiger partial charge >= 0.3 is 0 Å². The molecule has 1 aromatic heterocycles. The molecule has 0 fully saturated rings. The van der Waals surface area contributed by atoms with Gasteiger partial charge in [-0.15, -0.1) is 0 Å². The Bertz CT molecular complexity index is 1270. The maximum absolute atomic E-state index is 14.5. The maximum Gasteiger partial charge on any atom is 0.247 e. The Morgan fingerprint density at radius 1 is 1.26 bits per heavy atom.